The average molecular weight is 214 g/mol. The van der Waals surface area contributed by atoms with Gasteiger partial charge in [0.25, 0.3) is 0 Å². The Balaban J connectivity index is 2.64. The Hall–Kier alpha value is -0.120. The molecule has 2 atom stereocenters. The Bertz CT molecular complexity index is 188. The van der Waals surface area contributed by atoms with Crippen molar-refractivity contribution in [3.05, 3.63) is 0 Å². The van der Waals surface area contributed by atoms with Crippen molar-refractivity contribution in [3.8, 4) is 0 Å². The predicted octanol–water partition coefficient (Wildman–Crippen LogP) is 1.61. The third-order valence-electron chi connectivity index (χ3n) is 3.95. The van der Waals surface area contributed by atoms with Gasteiger partial charge in [-0.2, -0.15) is 0 Å². The van der Waals surface area contributed by atoms with Crippen molar-refractivity contribution in [2.24, 2.45) is 5.73 Å². The maximum Gasteiger partial charge on any atom is 0.0743 e. The van der Waals surface area contributed by atoms with Crippen LogP contribution in [0.4, 0.5) is 0 Å². The van der Waals surface area contributed by atoms with E-state index in [0.717, 1.165) is 19.4 Å². The van der Waals surface area contributed by atoms with Gasteiger partial charge in [-0.1, -0.05) is 6.92 Å². The zero-order valence-electron chi connectivity index (χ0n) is 10.6. The first-order valence-electron chi connectivity index (χ1n) is 6.07. The maximum absolute atomic E-state index is 5.88. The van der Waals surface area contributed by atoms with E-state index >= 15 is 0 Å². The van der Waals surface area contributed by atoms with E-state index in [0.29, 0.717) is 18.7 Å². The summed E-state index contributed by atoms with van der Waals surface area (Å²) in [5, 5.41) is 0. The van der Waals surface area contributed by atoms with Crippen LogP contribution < -0.4 is 5.73 Å². The molecule has 1 heterocycles. The van der Waals surface area contributed by atoms with Crippen molar-refractivity contribution >= 4 is 0 Å². The Kier molecular flexibility index (Phi) is 4.56. The van der Waals surface area contributed by atoms with Crippen LogP contribution >= 0.6 is 0 Å². The van der Waals surface area contributed by atoms with E-state index < -0.39 is 0 Å². The molecule has 90 valence electrons. The minimum Gasteiger partial charge on any atom is -0.377 e. The Labute approximate surface area is 94.0 Å². The molecule has 0 radical (unpaired) electrons. The average Bonchev–Trinajstić information content (AvgIpc) is 2.72. The summed E-state index contributed by atoms with van der Waals surface area (Å²) in [6.45, 7) is 8.35. The van der Waals surface area contributed by atoms with Crippen LogP contribution in [0, 0.1) is 0 Å². The lowest BCUT2D eigenvalue weighted by atomic mass is 9.95. The van der Waals surface area contributed by atoms with Crippen molar-refractivity contribution < 1.29 is 4.74 Å². The van der Waals surface area contributed by atoms with E-state index in [2.05, 4.69) is 32.7 Å². The van der Waals surface area contributed by atoms with Crippen molar-refractivity contribution in [3.63, 3.8) is 0 Å². The number of likely N-dealkylation sites (N-methyl/N-ethyl adjacent to an activating group) is 1. The molecular weight excluding hydrogens is 188 g/mol. The molecule has 1 aliphatic heterocycles. The van der Waals surface area contributed by atoms with Gasteiger partial charge in [-0.05, 0) is 40.2 Å². The highest BCUT2D eigenvalue weighted by Gasteiger charge is 2.34. The fourth-order valence-corrected chi connectivity index (χ4v) is 2.16. The van der Waals surface area contributed by atoms with E-state index in [1.807, 2.05) is 0 Å². The lowest BCUT2D eigenvalue weighted by molar-refractivity contribution is -0.00310. The predicted molar refractivity (Wildman–Crippen MR) is 63.9 cm³/mol. The van der Waals surface area contributed by atoms with Gasteiger partial charge in [0.15, 0.2) is 0 Å². The molecule has 2 unspecified atom stereocenters. The van der Waals surface area contributed by atoms with Crippen molar-refractivity contribution in [2.45, 2.75) is 57.7 Å². The molecule has 0 aromatic heterocycles. The van der Waals surface area contributed by atoms with Crippen LogP contribution in [0.15, 0.2) is 0 Å². The van der Waals surface area contributed by atoms with Gasteiger partial charge >= 0.3 is 0 Å². The second-order valence-corrected chi connectivity index (χ2v) is 5.13. The summed E-state index contributed by atoms with van der Waals surface area (Å²) in [7, 11) is 2.17. The third kappa shape index (κ3) is 2.92. The normalized spacial score (nSPS) is 24.8. The Morgan fingerprint density at radius 2 is 2.20 bits per heavy atom. The van der Waals surface area contributed by atoms with Crippen LogP contribution in [0.2, 0.25) is 0 Å². The molecule has 0 aliphatic carbocycles. The minimum atomic E-state index is 0.204. The fourth-order valence-electron chi connectivity index (χ4n) is 2.16. The summed E-state index contributed by atoms with van der Waals surface area (Å²) < 4.78 is 5.75. The van der Waals surface area contributed by atoms with Crippen LogP contribution in [0.3, 0.4) is 0 Å². The summed E-state index contributed by atoms with van der Waals surface area (Å²) in [5.41, 5.74) is 6.09. The molecule has 1 fully saturated rings. The van der Waals surface area contributed by atoms with Crippen LogP contribution in [0.1, 0.15) is 40.0 Å². The van der Waals surface area contributed by atoms with Crippen LogP contribution in [-0.4, -0.2) is 42.8 Å². The molecule has 0 amide bonds. The van der Waals surface area contributed by atoms with Crippen molar-refractivity contribution in [1.29, 1.82) is 0 Å². The number of hydrogen-bond donors (Lipinski definition) is 1. The monoisotopic (exact) mass is 214 g/mol. The highest BCUT2D eigenvalue weighted by molar-refractivity contribution is 4.89. The molecule has 3 heteroatoms. The summed E-state index contributed by atoms with van der Waals surface area (Å²) in [4.78, 5) is 2.39. The molecule has 0 aromatic rings. The molecule has 0 spiro atoms. The molecule has 1 rings (SSSR count). The number of rotatable bonds is 5. The van der Waals surface area contributed by atoms with E-state index in [1.165, 1.54) is 6.42 Å². The van der Waals surface area contributed by atoms with Gasteiger partial charge in [0.05, 0.1) is 6.10 Å². The molecule has 0 bridgehead atoms. The van der Waals surface area contributed by atoms with E-state index in [4.69, 9.17) is 10.5 Å². The number of nitrogens with zero attached hydrogens (tertiary/aromatic N) is 1. The molecule has 0 saturated carbocycles. The lowest BCUT2D eigenvalue weighted by Crippen LogP contribution is -2.54. The summed E-state index contributed by atoms with van der Waals surface area (Å²) in [6, 6.07) is 0.363. The van der Waals surface area contributed by atoms with Gasteiger partial charge in [0.2, 0.25) is 0 Å². The van der Waals surface area contributed by atoms with Crippen LogP contribution in [0.5, 0.6) is 0 Å². The van der Waals surface area contributed by atoms with E-state index in [-0.39, 0.29) is 5.54 Å². The SMILES string of the molecule is CCC(C)(C)N(C)C(CN)C1CCCO1. The van der Waals surface area contributed by atoms with E-state index in [1.54, 1.807) is 0 Å². The smallest absolute Gasteiger partial charge is 0.0743 e. The van der Waals surface area contributed by atoms with Gasteiger partial charge in [-0.3, -0.25) is 4.90 Å². The second kappa shape index (κ2) is 5.28. The maximum atomic E-state index is 5.88. The largest absolute Gasteiger partial charge is 0.377 e. The minimum absolute atomic E-state index is 0.204. The quantitative estimate of drug-likeness (QED) is 0.755. The van der Waals surface area contributed by atoms with Gasteiger partial charge in [-0.25, -0.2) is 0 Å². The summed E-state index contributed by atoms with van der Waals surface area (Å²) in [5.74, 6) is 0. The lowest BCUT2D eigenvalue weighted by Gasteiger charge is -2.42. The van der Waals surface area contributed by atoms with Crippen LogP contribution in [0.25, 0.3) is 0 Å². The highest BCUT2D eigenvalue weighted by Crippen LogP contribution is 2.25. The second-order valence-electron chi connectivity index (χ2n) is 5.13. The van der Waals surface area contributed by atoms with Crippen molar-refractivity contribution in [1.82, 2.24) is 4.90 Å². The molecule has 15 heavy (non-hydrogen) atoms. The number of hydrogen-bond acceptors (Lipinski definition) is 3. The molecular formula is C12H26N2O. The zero-order valence-corrected chi connectivity index (χ0v) is 10.6. The number of nitrogens with two attached hydrogens (primary N) is 1. The molecule has 1 aliphatic rings. The molecule has 3 nitrogen and oxygen atoms in total. The van der Waals surface area contributed by atoms with Crippen molar-refractivity contribution in [2.75, 3.05) is 20.2 Å². The summed E-state index contributed by atoms with van der Waals surface area (Å²) in [6.07, 6.45) is 3.81. The number of ether oxygens (including phenoxy) is 1. The van der Waals surface area contributed by atoms with Gasteiger partial charge in [0, 0.05) is 24.7 Å². The Morgan fingerprint density at radius 1 is 1.53 bits per heavy atom. The first-order valence-corrected chi connectivity index (χ1v) is 6.07. The van der Waals surface area contributed by atoms with Crippen LogP contribution in [-0.2, 0) is 4.74 Å². The Morgan fingerprint density at radius 3 is 2.60 bits per heavy atom. The topological polar surface area (TPSA) is 38.5 Å². The first kappa shape index (κ1) is 12.9. The molecule has 0 aromatic carbocycles. The standard InChI is InChI=1S/C12H26N2O/c1-5-12(2,3)14(4)10(9-13)11-7-6-8-15-11/h10-11H,5-9,13H2,1-4H3. The third-order valence-corrected chi connectivity index (χ3v) is 3.95. The first-order chi connectivity index (χ1) is 7.03. The summed E-state index contributed by atoms with van der Waals surface area (Å²) >= 11 is 0. The fraction of sp³-hybridized carbons (Fsp3) is 1.00. The highest BCUT2D eigenvalue weighted by atomic mass is 16.5. The van der Waals surface area contributed by atoms with E-state index in [9.17, 15) is 0 Å². The van der Waals surface area contributed by atoms with Gasteiger partial charge < -0.3 is 10.5 Å². The molecule has 2 N–H and O–H groups in total. The molecule has 1 saturated heterocycles. The van der Waals surface area contributed by atoms with Gasteiger partial charge in [0.1, 0.15) is 0 Å². The zero-order chi connectivity index (χ0) is 11.5. The van der Waals surface area contributed by atoms with Gasteiger partial charge in [-0.15, -0.1) is 0 Å².